The Hall–Kier alpha value is 0.394. The van der Waals surface area contributed by atoms with Crippen molar-refractivity contribution in [3.05, 3.63) is 0 Å². The van der Waals surface area contributed by atoms with Crippen LogP contribution in [0.5, 0.6) is 0 Å². The van der Waals surface area contributed by atoms with Crippen LogP contribution in [-0.4, -0.2) is 22.6 Å². The molecule has 0 saturated heterocycles. The summed E-state index contributed by atoms with van der Waals surface area (Å²) in [5.41, 5.74) is 0. The minimum absolute atomic E-state index is 0.955. The Morgan fingerprint density at radius 1 is 0.900 bits per heavy atom. The summed E-state index contributed by atoms with van der Waals surface area (Å²) in [6.45, 7) is 13.8. The lowest BCUT2D eigenvalue weighted by Crippen LogP contribution is -2.36. The predicted molar refractivity (Wildman–Crippen MR) is 52.6 cm³/mol. The van der Waals surface area contributed by atoms with Crippen LogP contribution in [0.1, 0.15) is 0 Å². The molecule has 3 heteroatoms. The molecule has 0 atom stereocenters. The van der Waals surface area contributed by atoms with Gasteiger partial charge >= 0.3 is 0 Å². The molecule has 0 unspecified atom stereocenters. The Labute approximate surface area is 66.9 Å². The van der Waals surface area contributed by atoms with E-state index >= 15 is 0 Å². The molecule has 0 aliphatic rings. The molecule has 0 N–H and O–H groups in total. The third-order valence-electron chi connectivity index (χ3n) is 0.938. The highest BCUT2D eigenvalue weighted by Crippen LogP contribution is 2.07. The summed E-state index contributed by atoms with van der Waals surface area (Å²) in [5, 5.41) is 0. The molecule has 0 aromatic heterocycles. The lowest BCUT2D eigenvalue weighted by atomic mass is 11.7. The van der Waals surface area contributed by atoms with Gasteiger partial charge < -0.3 is 4.43 Å². The molecular formula is C7H20OSi2. The topological polar surface area (TPSA) is 9.23 Å². The first-order chi connectivity index (χ1) is 4.21. The average molecular weight is 176 g/mol. The van der Waals surface area contributed by atoms with Gasteiger partial charge in [0, 0.05) is 6.23 Å². The highest BCUT2D eigenvalue weighted by molar-refractivity contribution is 6.77. The molecule has 0 aliphatic carbocycles. The van der Waals surface area contributed by atoms with Crippen LogP contribution in [0.4, 0.5) is 0 Å². The maximum absolute atomic E-state index is 5.79. The largest absolute Gasteiger partial charge is 0.421 e. The van der Waals surface area contributed by atoms with Gasteiger partial charge in [-0.2, -0.15) is 0 Å². The monoisotopic (exact) mass is 176 g/mol. The van der Waals surface area contributed by atoms with Gasteiger partial charge in [-0.05, 0) is 19.6 Å². The molecule has 0 heterocycles. The summed E-state index contributed by atoms with van der Waals surface area (Å²) in [6.07, 6.45) is 1.03. The Morgan fingerprint density at radius 3 is 1.40 bits per heavy atom. The molecule has 0 aliphatic heterocycles. The van der Waals surface area contributed by atoms with Crippen molar-refractivity contribution in [1.82, 2.24) is 0 Å². The normalized spacial score (nSPS) is 13.8. The Kier molecular flexibility index (Phi) is 3.32. The van der Waals surface area contributed by atoms with Crippen LogP contribution in [0.2, 0.25) is 39.3 Å². The maximum atomic E-state index is 5.79. The maximum Gasteiger partial charge on any atom is 0.183 e. The zero-order valence-corrected chi connectivity index (χ0v) is 10.1. The molecule has 0 saturated carbocycles. The summed E-state index contributed by atoms with van der Waals surface area (Å²) < 4.78 is 5.79. The van der Waals surface area contributed by atoms with Crippen LogP contribution in [0.15, 0.2) is 0 Å². The van der Waals surface area contributed by atoms with E-state index in [0.29, 0.717) is 0 Å². The molecule has 0 fully saturated rings. The number of rotatable bonds is 3. The van der Waals surface area contributed by atoms with Crippen molar-refractivity contribution in [3.8, 4) is 0 Å². The fourth-order valence-corrected chi connectivity index (χ4v) is 3.90. The minimum Gasteiger partial charge on any atom is -0.421 e. The second-order valence-corrected chi connectivity index (χ2v) is 14.9. The van der Waals surface area contributed by atoms with E-state index in [9.17, 15) is 0 Å². The standard InChI is InChI=1S/C7H20OSi2/c1-9(2,3)7-8-10(4,5)6/h7H2,1-6H3. The zero-order valence-electron chi connectivity index (χ0n) is 8.12. The lowest BCUT2D eigenvalue weighted by Gasteiger charge is -2.23. The minimum atomic E-state index is -1.23. The second kappa shape index (κ2) is 3.19. The van der Waals surface area contributed by atoms with Crippen LogP contribution in [-0.2, 0) is 4.43 Å². The van der Waals surface area contributed by atoms with Gasteiger partial charge in [-0.3, -0.25) is 0 Å². The van der Waals surface area contributed by atoms with Crippen LogP contribution in [0.3, 0.4) is 0 Å². The molecule has 1 nitrogen and oxygen atoms in total. The predicted octanol–water partition coefficient (Wildman–Crippen LogP) is 2.72. The highest BCUT2D eigenvalue weighted by atomic mass is 28.4. The molecule has 0 aromatic rings. The first kappa shape index (κ1) is 10.4. The van der Waals surface area contributed by atoms with Crippen LogP contribution >= 0.6 is 0 Å². The second-order valence-electron chi connectivity index (χ2n) is 4.96. The molecule has 0 rings (SSSR count). The molecular weight excluding hydrogens is 156 g/mol. The van der Waals surface area contributed by atoms with Crippen molar-refractivity contribution in [2.75, 3.05) is 6.23 Å². The van der Waals surface area contributed by atoms with Crippen molar-refractivity contribution in [2.24, 2.45) is 0 Å². The van der Waals surface area contributed by atoms with E-state index in [1.807, 2.05) is 0 Å². The Morgan fingerprint density at radius 2 is 1.30 bits per heavy atom. The first-order valence-electron chi connectivity index (χ1n) is 3.85. The molecule has 10 heavy (non-hydrogen) atoms. The zero-order chi connectivity index (χ0) is 8.41. The highest BCUT2D eigenvalue weighted by Gasteiger charge is 2.20. The van der Waals surface area contributed by atoms with Gasteiger partial charge in [0.2, 0.25) is 0 Å². The van der Waals surface area contributed by atoms with Gasteiger partial charge in [0.25, 0.3) is 0 Å². The molecule has 0 bridgehead atoms. The third-order valence-corrected chi connectivity index (χ3v) is 3.25. The summed E-state index contributed by atoms with van der Waals surface area (Å²) in [6, 6.07) is 0. The van der Waals surface area contributed by atoms with E-state index in [-0.39, 0.29) is 0 Å². The fraction of sp³-hybridized carbons (Fsp3) is 1.00. The van der Waals surface area contributed by atoms with Gasteiger partial charge in [-0.15, -0.1) is 0 Å². The van der Waals surface area contributed by atoms with E-state index in [4.69, 9.17) is 4.43 Å². The number of hydrogen-bond donors (Lipinski definition) is 0. The van der Waals surface area contributed by atoms with Crippen LogP contribution < -0.4 is 0 Å². The Bertz CT molecular complexity index is 85.2. The van der Waals surface area contributed by atoms with Crippen molar-refractivity contribution in [1.29, 1.82) is 0 Å². The lowest BCUT2D eigenvalue weighted by molar-refractivity contribution is 0.373. The molecule has 0 spiro atoms. The van der Waals surface area contributed by atoms with Crippen molar-refractivity contribution in [2.45, 2.75) is 39.3 Å². The van der Waals surface area contributed by atoms with Gasteiger partial charge in [0.05, 0.1) is 8.07 Å². The van der Waals surface area contributed by atoms with Crippen molar-refractivity contribution >= 4 is 16.4 Å². The summed E-state index contributed by atoms with van der Waals surface area (Å²) in [7, 11) is -2.19. The van der Waals surface area contributed by atoms with E-state index in [1.165, 1.54) is 0 Å². The molecule has 0 amide bonds. The molecule has 0 radical (unpaired) electrons. The van der Waals surface area contributed by atoms with Crippen LogP contribution in [0.25, 0.3) is 0 Å². The molecule has 62 valence electrons. The van der Waals surface area contributed by atoms with Gasteiger partial charge in [0.1, 0.15) is 0 Å². The summed E-state index contributed by atoms with van der Waals surface area (Å²) in [5.74, 6) is 0. The van der Waals surface area contributed by atoms with E-state index in [0.717, 1.165) is 6.23 Å². The van der Waals surface area contributed by atoms with E-state index < -0.39 is 16.4 Å². The SMILES string of the molecule is C[Si](C)(C)CO[Si](C)(C)C. The van der Waals surface area contributed by atoms with Gasteiger partial charge in [0.15, 0.2) is 8.32 Å². The summed E-state index contributed by atoms with van der Waals surface area (Å²) in [4.78, 5) is 0. The quantitative estimate of drug-likeness (QED) is 0.601. The van der Waals surface area contributed by atoms with E-state index in [1.54, 1.807) is 0 Å². The smallest absolute Gasteiger partial charge is 0.183 e. The third kappa shape index (κ3) is 8.39. The van der Waals surface area contributed by atoms with E-state index in [2.05, 4.69) is 39.3 Å². The average Bonchev–Trinajstić information content (AvgIpc) is 1.57. The molecule has 0 aromatic carbocycles. The van der Waals surface area contributed by atoms with Crippen molar-refractivity contribution in [3.63, 3.8) is 0 Å². The number of hydrogen-bond acceptors (Lipinski definition) is 1. The first-order valence-corrected chi connectivity index (χ1v) is 11.0. The van der Waals surface area contributed by atoms with Crippen molar-refractivity contribution < 1.29 is 4.43 Å². The summed E-state index contributed by atoms with van der Waals surface area (Å²) >= 11 is 0. The van der Waals surface area contributed by atoms with Gasteiger partial charge in [-0.25, -0.2) is 0 Å². The van der Waals surface area contributed by atoms with Gasteiger partial charge in [-0.1, -0.05) is 19.6 Å². The fourth-order valence-electron chi connectivity index (χ4n) is 0.433. The Balaban J connectivity index is 3.56. The van der Waals surface area contributed by atoms with Crippen LogP contribution in [0, 0.1) is 0 Å².